The third-order valence-electron chi connectivity index (χ3n) is 3.59. The largest absolute Gasteiger partial charge is 0.496 e. The summed E-state index contributed by atoms with van der Waals surface area (Å²) in [5.74, 6) is 0.683. The molecule has 126 valence electrons. The molecule has 0 saturated heterocycles. The quantitative estimate of drug-likeness (QED) is 0.781. The molecule has 6 nitrogen and oxygen atoms in total. The van der Waals surface area contributed by atoms with Crippen LogP contribution in [-0.4, -0.2) is 21.4 Å². The fourth-order valence-corrected chi connectivity index (χ4v) is 4.03. The molecule has 0 bridgehead atoms. The standard InChI is InChI=1S/C16H14BrNO5S/c1-22-15-6-4-12(9-13(15)17)24(20,21)23-11-3-5-14-10(8-11)2-7-16(19)18-14/h3-6,8-9H,2,7H2,1H3,(H,18,19). The highest BCUT2D eigenvalue weighted by molar-refractivity contribution is 9.10. The second-order valence-electron chi connectivity index (χ2n) is 5.20. The Bertz CT molecular complexity index is 911. The summed E-state index contributed by atoms with van der Waals surface area (Å²) >= 11 is 3.25. The number of aryl methyl sites for hydroxylation is 1. The van der Waals surface area contributed by atoms with E-state index in [4.69, 9.17) is 8.92 Å². The summed E-state index contributed by atoms with van der Waals surface area (Å²) in [6.45, 7) is 0. The van der Waals surface area contributed by atoms with Crippen LogP contribution in [0.25, 0.3) is 0 Å². The lowest BCUT2D eigenvalue weighted by atomic mass is 10.0. The van der Waals surface area contributed by atoms with Crippen molar-refractivity contribution in [2.24, 2.45) is 0 Å². The Morgan fingerprint density at radius 2 is 1.92 bits per heavy atom. The first-order valence-corrected chi connectivity index (χ1v) is 9.30. The maximum atomic E-state index is 12.4. The number of fused-ring (bicyclic) bond motifs is 1. The first kappa shape index (κ1) is 16.8. The fourth-order valence-electron chi connectivity index (χ4n) is 2.39. The van der Waals surface area contributed by atoms with Gasteiger partial charge in [-0.25, -0.2) is 0 Å². The molecule has 0 saturated carbocycles. The molecule has 2 aromatic rings. The van der Waals surface area contributed by atoms with Gasteiger partial charge in [0.25, 0.3) is 0 Å². The number of halogens is 1. The van der Waals surface area contributed by atoms with Gasteiger partial charge in [0.2, 0.25) is 5.91 Å². The monoisotopic (exact) mass is 411 g/mol. The van der Waals surface area contributed by atoms with Gasteiger partial charge in [-0.15, -0.1) is 0 Å². The van der Waals surface area contributed by atoms with Crippen molar-refractivity contribution in [3.63, 3.8) is 0 Å². The second kappa shape index (κ2) is 6.45. The third kappa shape index (κ3) is 3.39. The van der Waals surface area contributed by atoms with E-state index >= 15 is 0 Å². The Morgan fingerprint density at radius 3 is 2.62 bits per heavy atom. The summed E-state index contributed by atoms with van der Waals surface area (Å²) in [6.07, 6.45) is 0.918. The van der Waals surface area contributed by atoms with E-state index < -0.39 is 10.1 Å². The van der Waals surface area contributed by atoms with Crippen LogP contribution in [0.2, 0.25) is 0 Å². The minimum atomic E-state index is -3.97. The van der Waals surface area contributed by atoms with Crippen molar-refractivity contribution >= 4 is 37.6 Å². The number of benzene rings is 2. The van der Waals surface area contributed by atoms with Crippen molar-refractivity contribution in [2.75, 3.05) is 12.4 Å². The average molecular weight is 412 g/mol. The SMILES string of the molecule is COc1ccc(S(=O)(=O)Oc2ccc3c(c2)CCC(=O)N3)cc1Br. The van der Waals surface area contributed by atoms with Gasteiger partial charge < -0.3 is 14.2 Å². The van der Waals surface area contributed by atoms with Crippen LogP contribution in [0.5, 0.6) is 11.5 Å². The molecule has 0 unspecified atom stereocenters. The number of rotatable bonds is 4. The molecule has 2 aromatic carbocycles. The lowest BCUT2D eigenvalue weighted by Crippen LogP contribution is -2.19. The summed E-state index contributed by atoms with van der Waals surface area (Å²) in [4.78, 5) is 11.4. The van der Waals surface area contributed by atoms with E-state index in [1.807, 2.05) is 0 Å². The molecule has 0 atom stereocenters. The number of anilines is 1. The summed E-state index contributed by atoms with van der Waals surface area (Å²) in [6, 6.07) is 9.17. The highest BCUT2D eigenvalue weighted by Crippen LogP contribution is 2.31. The maximum absolute atomic E-state index is 12.4. The van der Waals surface area contributed by atoms with Gasteiger partial charge in [-0.2, -0.15) is 8.42 Å². The highest BCUT2D eigenvalue weighted by atomic mass is 79.9. The number of nitrogens with one attached hydrogen (secondary N) is 1. The first-order chi connectivity index (χ1) is 11.4. The topological polar surface area (TPSA) is 81.7 Å². The van der Waals surface area contributed by atoms with Gasteiger partial charge >= 0.3 is 10.1 Å². The van der Waals surface area contributed by atoms with Crippen molar-refractivity contribution in [3.05, 3.63) is 46.4 Å². The summed E-state index contributed by atoms with van der Waals surface area (Å²) in [7, 11) is -2.47. The molecule has 1 heterocycles. The minimum absolute atomic E-state index is 0.0150. The molecule has 0 aromatic heterocycles. The molecular formula is C16H14BrNO5S. The third-order valence-corrected chi connectivity index (χ3v) is 5.45. The van der Waals surface area contributed by atoms with Crippen molar-refractivity contribution in [2.45, 2.75) is 17.7 Å². The molecule has 1 amide bonds. The Labute approximate surface area is 148 Å². The predicted molar refractivity (Wildman–Crippen MR) is 91.9 cm³/mol. The lowest BCUT2D eigenvalue weighted by molar-refractivity contribution is -0.116. The summed E-state index contributed by atoms with van der Waals surface area (Å²) in [5.41, 5.74) is 1.53. The van der Waals surface area contributed by atoms with Gasteiger partial charge in [0.1, 0.15) is 16.4 Å². The highest BCUT2D eigenvalue weighted by Gasteiger charge is 2.20. The molecular weight excluding hydrogens is 398 g/mol. The number of carbonyl (C=O) groups excluding carboxylic acids is 1. The molecule has 0 fully saturated rings. The smallest absolute Gasteiger partial charge is 0.339 e. The van der Waals surface area contributed by atoms with E-state index in [9.17, 15) is 13.2 Å². The van der Waals surface area contributed by atoms with Crippen LogP contribution in [0, 0.1) is 0 Å². The number of hydrogen-bond acceptors (Lipinski definition) is 5. The molecule has 1 aliphatic rings. The number of hydrogen-bond donors (Lipinski definition) is 1. The number of carbonyl (C=O) groups is 1. The van der Waals surface area contributed by atoms with E-state index in [2.05, 4.69) is 21.2 Å². The maximum Gasteiger partial charge on any atom is 0.339 e. The zero-order chi connectivity index (χ0) is 17.3. The van der Waals surface area contributed by atoms with Crippen LogP contribution in [0.3, 0.4) is 0 Å². The van der Waals surface area contributed by atoms with Crippen molar-refractivity contribution in [1.29, 1.82) is 0 Å². The van der Waals surface area contributed by atoms with Gasteiger partial charge in [-0.1, -0.05) is 0 Å². The van der Waals surface area contributed by atoms with E-state index in [0.717, 1.165) is 5.56 Å². The zero-order valence-electron chi connectivity index (χ0n) is 12.7. The van der Waals surface area contributed by atoms with Crippen molar-refractivity contribution in [1.82, 2.24) is 0 Å². The first-order valence-electron chi connectivity index (χ1n) is 7.10. The second-order valence-corrected chi connectivity index (χ2v) is 7.60. The molecule has 0 radical (unpaired) electrons. The molecule has 3 rings (SSSR count). The zero-order valence-corrected chi connectivity index (χ0v) is 15.1. The van der Waals surface area contributed by atoms with Crippen LogP contribution in [-0.2, 0) is 21.3 Å². The molecule has 0 aliphatic carbocycles. The number of methoxy groups -OCH3 is 1. The Hall–Kier alpha value is -2.06. The van der Waals surface area contributed by atoms with Crippen molar-refractivity contribution < 1.29 is 22.1 Å². The molecule has 1 N–H and O–H groups in total. The van der Waals surface area contributed by atoms with Crippen LogP contribution in [0.1, 0.15) is 12.0 Å². The van der Waals surface area contributed by atoms with Crippen LogP contribution in [0.15, 0.2) is 45.8 Å². The number of amides is 1. The molecule has 1 aliphatic heterocycles. The van der Waals surface area contributed by atoms with E-state index in [1.165, 1.54) is 25.3 Å². The van der Waals surface area contributed by atoms with Crippen LogP contribution in [0.4, 0.5) is 5.69 Å². The van der Waals surface area contributed by atoms with Gasteiger partial charge in [-0.3, -0.25) is 4.79 Å². The van der Waals surface area contributed by atoms with E-state index in [1.54, 1.807) is 18.2 Å². The fraction of sp³-hybridized carbons (Fsp3) is 0.188. The van der Waals surface area contributed by atoms with Gasteiger partial charge in [0, 0.05) is 12.1 Å². The van der Waals surface area contributed by atoms with Crippen LogP contribution >= 0.6 is 15.9 Å². The van der Waals surface area contributed by atoms with Crippen LogP contribution < -0.4 is 14.2 Å². The van der Waals surface area contributed by atoms with Crippen molar-refractivity contribution in [3.8, 4) is 11.5 Å². The summed E-state index contributed by atoms with van der Waals surface area (Å²) < 4.78 is 35.6. The summed E-state index contributed by atoms with van der Waals surface area (Å²) in [5, 5.41) is 2.74. The average Bonchev–Trinajstić information content (AvgIpc) is 2.54. The van der Waals surface area contributed by atoms with Gasteiger partial charge in [-0.05, 0) is 64.3 Å². The Morgan fingerprint density at radius 1 is 1.12 bits per heavy atom. The Balaban J connectivity index is 1.87. The van der Waals surface area contributed by atoms with Gasteiger partial charge in [0.05, 0.1) is 11.6 Å². The molecule has 0 spiro atoms. The normalized spacial score (nSPS) is 13.8. The predicted octanol–water partition coefficient (Wildman–Crippen LogP) is 3.11. The van der Waals surface area contributed by atoms with Gasteiger partial charge in [0.15, 0.2) is 0 Å². The Kier molecular flexibility index (Phi) is 4.51. The molecule has 8 heteroatoms. The lowest BCUT2D eigenvalue weighted by Gasteiger charge is -2.17. The number of ether oxygens (including phenoxy) is 1. The minimum Gasteiger partial charge on any atom is -0.496 e. The van der Waals surface area contributed by atoms with E-state index in [-0.39, 0.29) is 16.6 Å². The van der Waals surface area contributed by atoms with E-state index in [0.29, 0.717) is 28.8 Å². The molecule has 24 heavy (non-hydrogen) atoms.